The van der Waals surface area contributed by atoms with Crippen molar-refractivity contribution in [1.29, 1.82) is 0 Å². The zero-order valence-electron chi connectivity index (χ0n) is 9.43. The molecule has 0 atom stereocenters. The molecule has 0 aliphatic heterocycles. The highest BCUT2D eigenvalue weighted by Crippen LogP contribution is 1.92. The summed E-state index contributed by atoms with van der Waals surface area (Å²) in [6.45, 7) is 6.83. The number of amides is 1. The van der Waals surface area contributed by atoms with Gasteiger partial charge in [0.2, 0.25) is 5.91 Å². The van der Waals surface area contributed by atoms with Gasteiger partial charge in [-0.1, -0.05) is 13.8 Å². The Morgan fingerprint density at radius 1 is 1.43 bits per heavy atom. The molecule has 1 amide bonds. The molecule has 0 aromatic rings. The molecule has 4 nitrogen and oxygen atoms in total. The van der Waals surface area contributed by atoms with Crippen LogP contribution in [0.1, 0.15) is 20.3 Å². The van der Waals surface area contributed by atoms with E-state index in [9.17, 15) is 4.79 Å². The summed E-state index contributed by atoms with van der Waals surface area (Å²) < 4.78 is 5.37. The molecule has 0 spiro atoms. The van der Waals surface area contributed by atoms with Crippen molar-refractivity contribution in [2.45, 2.75) is 20.3 Å². The fourth-order valence-corrected chi connectivity index (χ4v) is 0.944. The van der Waals surface area contributed by atoms with Gasteiger partial charge in [0.05, 0.1) is 6.54 Å². The molecule has 4 heteroatoms. The van der Waals surface area contributed by atoms with Gasteiger partial charge in [-0.05, 0) is 19.4 Å². The van der Waals surface area contributed by atoms with Gasteiger partial charge in [0.15, 0.2) is 0 Å². The standard InChI is InChI=1S/C10H22N2O2/c1-9(2)8-14-6-4-5-12-10(13)7-11-3/h9,11H,4-8H2,1-3H3,(H,12,13). The third kappa shape index (κ3) is 9.48. The Bertz CT molecular complexity index is 149. The van der Waals surface area contributed by atoms with Gasteiger partial charge in [0.1, 0.15) is 0 Å². The first kappa shape index (κ1) is 13.4. The van der Waals surface area contributed by atoms with Crippen LogP contribution in [0.5, 0.6) is 0 Å². The maximum atomic E-state index is 11.0. The van der Waals surface area contributed by atoms with Crippen LogP contribution in [0, 0.1) is 5.92 Å². The summed E-state index contributed by atoms with van der Waals surface area (Å²) in [6, 6.07) is 0. The van der Waals surface area contributed by atoms with Crippen LogP contribution in [0.25, 0.3) is 0 Å². The van der Waals surface area contributed by atoms with E-state index in [-0.39, 0.29) is 5.91 Å². The third-order valence-corrected chi connectivity index (χ3v) is 1.58. The second-order valence-corrected chi connectivity index (χ2v) is 3.70. The predicted molar refractivity (Wildman–Crippen MR) is 57.2 cm³/mol. The van der Waals surface area contributed by atoms with Crippen LogP contribution in [-0.2, 0) is 9.53 Å². The Kier molecular flexibility index (Phi) is 8.57. The van der Waals surface area contributed by atoms with Crippen molar-refractivity contribution in [3.63, 3.8) is 0 Å². The summed E-state index contributed by atoms with van der Waals surface area (Å²) in [7, 11) is 1.76. The van der Waals surface area contributed by atoms with Crippen molar-refractivity contribution in [2.75, 3.05) is 33.4 Å². The number of nitrogens with one attached hydrogen (secondary N) is 2. The maximum absolute atomic E-state index is 11.0. The molecule has 0 rings (SSSR count). The van der Waals surface area contributed by atoms with Gasteiger partial charge in [-0.2, -0.15) is 0 Å². The third-order valence-electron chi connectivity index (χ3n) is 1.58. The molecule has 0 saturated carbocycles. The fraction of sp³-hybridized carbons (Fsp3) is 0.900. The molecule has 0 aliphatic rings. The van der Waals surface area contributed by atoms with Crippen molar-refractivity contribution >= 4 is 5.91 Å². The van der Waals surface area contributed by atoms with Gasteiger partial charge in [0.25, 0.3) is 0 Å². The van der Waals surface area contributed by atoms with E-state index in [2.05, 4.69) is 24.5 Å². The van der Waals surface area contributed by atoms with Crippen LogP contribution < -0.4 is 10.6 Å². The van der Waals surface area contributed by atoms with Crippen molar-refractivity contribution in [3.8, 4) is 0 Å². The van der Waals surface area contributed by atoms with Crippen molar-refractivity contribution < 1.29 is 9.53 Å². The van der Waals surface area contributed by atoms with Crippen molar-refractivity contribution in [1.82, 2.24) is 10.6 Å². The summed E-state index contributed by atoms with van der Waals surface area (Å²) in [6.07, 6.45) is 0.877. The molecule has 0 aliphatic carbocycles. The van der Waals surface area contributed by atoms with Crippen LogP contribution in [-0.4, -0.2) is 39.3 Å². The van der Waals surface area contributed by atoms with Crippen LogP contribution in [0.3, 0.4) is 0 Å². The lowest BCUT2D eigenvalue weighted by Crippen LogP contribution is -2.33. The van der Waals surface area contributed by atoms with E-state index in [1.807, 2.05) is 0 Å². The van der Waals surface area contributed by atoms with Crippen LogP contribution in [0.15, 0.2) is 0 Å². The topological polar surface area (TPSA) is 50.4 Å². The largest absolute Gasteiger partial charge is 0.381 e. The van der Waals surface area contributed by atoms with E-state index in [4.69, 9.17) is 4.74 Å². The molecule has 0 saturated heterocycles. The molecular weight excluding hydrogens is 180 g/mol. The zero-order valence-corrected chi connectivity index (χ0v) is 9.43. The number of hydrogen-bond donors (Lipinski definition) is 2. The van der Waals surface area contributed by atoms with E-state index >= 15 is 0 Å². The molecule has 0 fully saturated rings. The Hall–Kier alpha value is -0.610. The van der Waals surface area contributed by atoms with Crippen molar-refractivity contribution in [2.24, 2.45) is 5.92 Å². The average molecular weight is 202 g/mol. The Balaban J connectivity index is 3.09. The van der Waals surface area contributed by atoms with Gasteiger partial charge in [0, 0.05) is 19.8 Å². The highest BCUT2D eigenvalue weighted by Gasteiger charge is 1.97. The maximum Gasteiger partial charge on any atom is 0.233 e. The molecule has 0 aromatic carbocycles. The predicted octanol–water partition coefficient (Wildman–Crippen LogP) is 0.385. The van der Waals surface area contributed by atoms with Crippen LogP contribution >= 0.6 is 0 Å². The van der Waals surface area contributed by atoms with Crippen LogP contribution in [0.4, 0.5) is 0 Å². The zero-order chi connectivity index (χ0) is 10.8. The molecule has 0 heterocycles. The number of carbonyl (C=O) groups excluding carboxylic acids is 1. The minimum atomic E-state index is 0.0383. The van der Waals surface area contributed by atoms with Crippen LogP contribution in [0.2, 0.25) is 0 Å². The summed E-state index contributed by atoms with van der Waals surface area (Å²) in [5.41, 5.74) is 0. The summed E-state index contributed by atoms with van der Waals surface area (Å²) in [4.78, 5) is 11.0. The molecule has 84 valence electrons. The van der Waals surface area contributed by atoms with E-state index in [0.717, 1.165) is 19.6 Å². The quantitative estimate of drug-likeness (QED) is 0.560. The molecule has 14 heavy (non-hydrogen) atoms. The lowest BCUT2D eigenvalue weighted by molar-refractivity contribution is -0.120. The van der Waals surface area contributed by atoms with Gasteiger partial charge in [-0.15, -0.1) is 0 Å². The van der Waals surface area contributed by atoms with E-state index < -0.39 is 0 Å². The minimum Gasteiger partial charge on any atom is -0.381 e. The average Bonchev–Trinajstić information content (AvgIpc) is 2.11. The lowest BCUT2D eigenvalue weighted by Gasteiger charge is -2.07. The number of hydrogen-bond acceptors (Lipinski definition) is 3. The lowest BCUT2D eigenvalue weighted by atomic mass is 10.2. The summed E-state index contributed by atoms with van der Waals surface area (Å²) in [5, 5.41) is 5.58. The van der Waals surface area contributed by atoms with Crippen molar-refractivity contribution in [3.05, 3.63) is 0 Å². The summed E-state index contributed by atoms with van der Waals surface area (Å²) in [5.74, 6) is 0.616. The van der Waals surface area contributed by atoms with Gasteiger partial charge < -0.3 is 15.4 Å². The first-order chi connectivity index (χ1) is 6.66. The number of rotatable bonds is 8. The molecule has 0 unspecified atom stereocenters. The molecule has 0 radical (unpaired) electrons. The Morgan fingerprint density at radius 2 is 2.14 bits per heavy atom. The van der Waals surface area contributed by atoms with Gasteiger partial charge in [-0.25, -0.2) is 0 Å². The summed E-state index contributed by atoms with van der Waals surface area (Å²) >= 11 is 0. The number of carbonyl (C=O) groups is 1. The molecule has 0 aromatic heterocycles. The monoisotopic (exact) mass is 202 g/mol. The molecular formula is C10H22N2O2. The highest BCUT2D eigenvalue weighted by molar-refractivity contribution is 5.77. The van der Waals surface area contributed by atoms with E-state index in [1.165, 1.54) is 0 Å². The fourth-order valence-electron chi connectivity index (χ4n) is 0.944. The number of ether oxygens (including phenoxy) is 1. The number of likely N-dealkylation sites (N-methyl/N-ethyl adjacent to an activating group) is 1. The minimum absolute atomic E-state index is 0.0383. The second-order valence-electron chi connectivity index (χ2n) is 3.70. The van der Waals surface area contributed by atoms with Gasteiger partial charge in [-0.3, -0.25) is 4.79 Å². The molecule has 0 bridgehead atoms. The Morgan fingerprint density at radius 3 is 2.71 bits per heavy atom. The Labute approximate surface area is 86.4 Å². The first-order valence-electron chi connectivity index (χ1n) is 5.16. The second kappa shape index (κ2) is 8.97. The first-order valence-corrected chi connectivity index (χ1v) is 5.16. The highest BCUT2D eigenvalue weighted by atomic mass is 16.5. The SMILES string of the molecule is CNCC(=O)NCCCOCC(C)C. The molecule has 2 N–H and O–H groups in total. The van der Waals surface area contributed by atoms with E-state index in [1.54, 1.807) is 7.05 Å². The smallest absolute Gasteiger partial charge is 0.233 e. The van der Waals surface area contributed by atoms with E-state index in [0.29, 0.717) is 19.0 Å². The van der Waals surface area contributed by atoms with Gasteiger partial charge >= 0.3 is 0 Å². The normalized spacial score (nSPS) is 10.6.